The third-order valence-corrected chi connectivity index (χ3v) is 0.733. The molecule has 0 aliphatic heterocycles. The summed E-state index contributed by atoms with van der Waals surface area (Å²) in [6.45, 7) is 6.95. The number of hydrogen-bond donors (Lipinski definition) is 1. The van der Waals surface area contributed by atoms with Crippen LogP contribution in [-0.4, -0.2) is 6.54 Å². The highest BCUT2D eigenvalue weighted by molar-refractivity contribution is 5.85. The fourth-order valence-electron chi connectivity index (χ4n) is 0.400. The fraction of sp³-hybridized carbons (Fsp3) is 0.750. The van der Waals surface area contributed by atoms with E-state index in [1.807, 2.05) is 0 Å². The predicted molar refractivity (Wildman–Crippen MR) is 48.2 cm³/mol. The Labute approximate surface area is 69.8 Å². The smallest absolute Gasteiger partial charge is 0.0230 e. The van der Waals surface area contributed by atoms with Gasteiger partial charge in [-0.1, -0.05) is 5.92 Å². The van der Waals surface area contributed by atoms with Gasteiger partial charge in [0.25, 0.3) is 0 Å². The normalized spacial score (nSPS) is 9.20. The maximum Gasteiger partial charge on any atom is 0.0230 e. The Bertz CT molecular complexity index is 124. The number of rotatable bonds is 1. The molecule has 0 saturated heterocycles. The highest BCUT2D eigenvalue weighted by Crippen LogP contribution is 2.09. The minimum Gasteiger partial charge on any atom is -0.330 e. The van der Waals surface area contributed by atoms with Crippen molar-refractivity contribution < 1.29 is 0 Å². The Balaban J connectivity index is 0. The predicted octanol–water partition coefficient (Wildman–Crippen LogP) is 1.81. The summed E-state index contributed by atoms with van der Waals surface area (Å²) in [6, 6.07) is 0. The summed E-state index contributed by atoms with van der Waals surface area (Å²) < 4.78 is 0. The lowest BCUT2D eigenvalue weighted by Gasteiger charge is -2.06. The molecule has 2 N–H and O–H groups in total. The molecule has 0 unspecified atom stereocenters. The second kappa shape index (κ2) is 5.58. The molecule has 0 aromatic heterocycles. The Morgan fingerprint density at radius 2 is 1.80 bits per heavy atom. The first-order chi connectivity index (χ1) is 4.06. The Kier molecular flexibility index (Phi) is 6.97. The van der Waals surface area contributed by atoms with Crippen molar-refractivity contribution in [1.29, 1.82) is 0 Å². The Hall–Kier alpha value is -0.190. The third-order valence-electron chi connectivity index (χ3n) is 0.733. The average molecular weight is 162 g/mol. The molecule has 0 aromatic rings. The van der Waals surface area contributed by atoms with Crippen molar-refractivity contribution in [2.45, 2.75) is 27.2 Å². The van der Waals surface area contributed by atoms with Crippen LogP contribution in [0.1, 0.15) is 27.2 Å². The number of hydrogen-bond acceptors (Lipinski definition) is 1. The van der Waals surface area contributed by atoms with Gasteiger partial charge in [-0.2, -0.15) is 0 Å². The molecule has 0 aliphatic rings. The van der Waals surface area contributed by atoms with Crippen molar-refractivity contribution in [2.75, 3.05) is 6.54 Å². The van der Waals surface area contributed by atoms with Crippen LogP contribution in [0.15, 0.2) is 0 Å². The molecule has 0 spiro atoms. The lowest BCUT2D eigenvalue weighted by molar-refractivity contribution is 0.570. The number of halogens is 1. The van der Waals surface area contributed by atoms with E-state index in [-0.39, 0.29) is 17.8 Å². The summed E-state index contributed by atoms with van der Waals surface area (Å²) in [4.78, 5) is 0. The second-order valence-corrected chi connectivity index (χ2v) is 3.09. The van der Waals surface area contributed by atoms with Crippen LogP contribution < -0.4 is 5.73 Å². The lowest BCUT2D eigenvalue weighted by atomic mass is 9.98. The van der Waals surface area contributed by atoms with Gasteiger partial charge < -0.3 is 5.73 Å². The van der Waals surface area contributed by atoms with E-state index in [1.165, 1.54) is 0 Å². The minimum absolute atomic E-state index is 0. The quantitative estimate of drug-likeness (QED) is 0.584. The maximum atomic E-state index is 5.26. The highest BCUT2D eigenvalue weighted by Gasteiger charge is 2.02. The zero-order chi connectivity index (χ0) is 7.33. The Morgan fingerprint density at radius 3 is 2.10 bits per heavy atom. The van der Waals surface area contributed by atoms with Crippen LogP contribution in [-0.2, 0) is 0 Å². The topological polar surface area (TPSA) is 26.0 Å². The second-order valence-electron chi connectivity index (χ2n) is 3.09. The zero-order valence-electron chi connectivity index (χ0n) is 6.90. The van der Waals surface area contributed by atoms with Gasteiger partial charge in [0.05, 0.1) is 0 Å². The molecule has 0 amide bonds. The Morgan fingerprint density at radius 1 is 1.30 bits per heavy atom. The van der Waals surface area contributed by atoms with Gasteiger partial charge in [0.15, 0.2) is 0 Å². The third kappa shape index (κ3) is 10.7. The van der Waals surface area contributed by atoms with Crippen molar-refractivity contribution in [2.24, 2.45) is 11.1 Å². The maximum absolute atomic E-state index is 5.26. The molecule has 0 rings (SSSR count). The molecule has 0 aromatic carbocycles. The van der Waals surface area contributed by atoms with E-state index in [2.05, 4.69) is 32.6 Å². The summed E-state index contributed by atoms with van der Waals surface area (Å²) >= 11 is 0. The monoisotopic (exact) mass is 161 g/mol. The molecule has 0 fully saturated rings. The SMILES string of the molecule is CC(C)(C)C#CCCN.Cl. The van der Waals surface area contributed by atoms with Crippen molar-refractivity contribution in [3.05, 3.63) is 0 Å². The molecule has 0 radical (unpaired) electrons. The summed E-state index contributed by atoms with van der Waals surface area (Å²) in [5.74, 6) is 6.09. The van der Waals surface area contributed by atoms with Gasteiger partial charge in [0.1, 0.15) is 0 Å². The van der Waals surface area contributed by atoms with Crippen molar-refractivity contribution >= 4 is 12.4 Å². The van der Waals surface area contributed by atoms with Crippen LogP contribution in [0.4, 0.5) is 0 Å². The first kappa shape index (κ1) is 12.5. The summed E-state index contributed by atoms with van der Waals surface area (Å²) in [5.41, 5.74) is 5.39. The van der Waals surface area contributed by atoms with Gasteiger partial charge in [0.2, 0.25) is 0 Å². The molecule has 1 nitrogen and oxygen atoms in total. The average Bonchev–Trinajstić information content (AvgIpc) is 1.63. The van der Waals surface area contributed by atoms with Gasteiger partial charge in [-0.25, -0.2) is 0 Å². The molecule has 0 saturated carbocycles. The van der Waals surface area contributed by atoms with E-state index in [1.54, 1.807) is 0 Å². The number of nitrogens with two attached hydrogens (primary N) is 1. The minimum atomic E-state index is 0. The molecular weight excluding hydrogens is 146 g/mol. The molecule has 60 valence electrons. The van der Waals surface area contributed by atoms with Crippen molar-refractivity contribution in [3.63, 3.8) is 0 Å². The standard InChI is InChI=1S/C8H15N.ClH/c1-8(2,3)6-4-5-7-9;/h5,7,9H2,1-3H3;1H. The first-order valence-electron chi connectivity index (χ1n) is 3.26. The molecule has 2 heteroatoms. The van der Waals surface area contributed by atoms with Gasteiger partial charge >= 0.3 is 0 Å². The molecule has 0 heterocycles. The van der Waals surface area contributed by atoms with Crippen LogP contribution in [0.2, 0.25) is 0 Å². The molecular formula is C8H16ClN. The van der Waals surface area contributed by atoms with E-state index < -0.39 is 0 Å². The zero-order valence-corrected chi connectivity index (χ0v) is 7.72. The highest BCUT2D eigenvalue weighted by atomic mass is 35.5. The van der Waals surface area contributed by atoms with Crippen LogP contribution in [0, 0.1) is 17.3 Å². The molecule has 10 heavy (non-hydrogen) atoms. The van der Waals surface area contributed by atoms with Gasteiger partial charge in [0, 0.05) is 18.4 Å². The van der Waals surface area contributed by atoms with E-state index in [0.29, 0.717) is 6.54 Å². The van der Waals surface area contributed by atoms with Crippen LogP contribution in [0.3, 0.4) is 0 Å². The van der Waals surface area contributed by atoms with Crippen molar-refractivity contribution in [3.8, 4) is 11.8 Å². The van der Waals surface area contributed by atoms with E-state index in [0.717, 1.165) is 6.42 Å². The van der Waals surface area contributed by atoms with Crippen LogP contribution >= 0.6 is 12.4 Å². The molecule has 0 bridgehead atoms. The largest absolute Gasteiger partial charge is 0.330 e. The summed E-state index contributed by atoms with van der Waals surface area (Å²) in [6.07, 6.45) is 0.817. The van der Waals surface area contributed by atoms with Gasteiger partial charge in [-0.3, -0.25) is 0 Å². The van der Waals surface area contributed by atoms with Crippen molar-refractivity contribution in [1.82, 2.24) is 0 Å². The van der Waals surface area contributed by atoms with Gasteiger partial charge in [-0.05, 0) is 20.8 Å². The lowest BCUT2D eigenvalue weighted by Crippen LogP contribution is -2.01. The van der Waals surface area contributed by atoms with Crippen LogP contribution in [0.5, 0.6) is 0 Å². The first-order valence-corrected chi connectivity index (χ1v) is 3.26. The van der Waals surface area contributed by atoms with E-state index >= 15 is 0 Å². The summed E-state index contributed by atoms with van der Waals surface area (Å²) in [5, 5.41) is 0. The van der Waals surface area contributed by atoms with Crippen LogP contribution in [0.25, 0.3) is 0 Å². The molecule has 0 atom stereocenters. The van der Waals surface area contributed by atoms with E-state index in [4.69, 9.17) is 5.73 Å². The van der Waals surface area contributed by atoms with E-state index in [9.17, 15) is 0 Å². The van der Waals surface area contributed by atoms with Gasteiger partial charge in [-0.15, -0.1) is 18.3 Å². The summed E-state index contributed by atoms with van der Waals surface area (Å²) in [7, 11) is 0. The molecule has 0 aliphatic carbocycles. The fourth-order valence-corrected chi connectivity index (χ4v) is 0.400.